The normalized spacial score (nSPS) is 15.0. The number of fused-ring (bicyclic) bond motifs is 1. The highest BCUT2D eigenvalue weighted by molar-refractivity contribution is 8.76. The summed E-state index contributed by atoms with van der Waals surface area (Å²) in [4.78, 5) is 14.2. The molecule has 1 saturated heterocycles. The van der Waals surface area contributed by atoms with Crippen LogP contribution in [0.15, 0.2) is 30.5 Å². The first-order chi connectivity index (χ1) is 19.8. The van der Waals surface area contributed by atoms with Gasteiger partial charge in [-0.1, -0.05) is 53.5 Å². The number of methoxy groups -OCH3 is 1. The first kappa shape index (κ1) is 31.8. The summed E-state index contributed by atoms with van der Waals surface area (Å²) in [7, 11) is 5.64. The van der Waals surface area contributed by atoms with E-state index in [9.17, 15) is 0 Å². The van der Waals surface area contributed by atoms with Gasteiger partial charge in [-0.05, 0) is 63.6 Å². The molecule has 1 aliphatic rings. The Kier molecular flexibility index (Phi) is 11.9. The Labute approximate surface area is 254 Å². The number of nitrogens with one attached hydrogen (secondary N) is 1. The lowest BCUT2D eigenvalue weighted by atomic mass is 10.1. The molecule has 0 bridgehead atoms. The van der Waals surface area contributed by atoms with Crippen LogP contribution in [-0.4, -0.2) is 81.7 Å². The van der Waals surface area contributed by atoms with E-state index in [1.165, 1.54) is 37.8 Å². The fraction of sp³-hybridized carbons (Fsp3) is 0.613. The van der Waals surface area contributed by atoms with Crippen LogP contribution in [0.1, 0.15) is 64.0 Å². The summed E-state index contributed by atoms with van der Waals surface area (Å²) in [6, 6.07) is 8.67. The second kappa shape index (κ2) is 15.4. The van der Waals surface area contributed by atoms with Crippen molar-refractivity contribution >= 4 is 44.4 Å². The fourth-order valence-corrected chi connectivity index (χ4v) is 7.87. The number of aromatic nitrogens is 3. The molecule has 0 radical (unpaired) electrons. The molecule has 0 aliphatic carbocycles. The molecule has 2 aromatic heterocycles. The van der Waals surface area contributed by atoms with Gasteiger partial charge in [-0.25, -0.2) is 4.98 Å². The zero-order valence-electron chi connectivity index (χ0n) is 25.6. The van der Waals surface area contributed by atoms with Crippen molar-refractivity contribution in [3.8, 4) is 5.75 Å². The first-order valence-corrected chi connectivity index (χ1v) is 17.6. The van der Waals surface area contributed by atoms with Crippen LogP contribution >= 0.6 is 21.6 Å². The minimum absolute atomic E-state index is 0.296. The molecule has 0 unspecified atom stereocenters. The molecular weight excluding hydrogens is 551 g/mol. The zero-order chi connectivity index (χ0) is 29.2. The second-order valence-electron chi connectivity index (χ2n) is 11.6. The first-order valence-electron chi connectivity index (χ1n) is 15.0. The van der Waals surface area contributed by atoms with E-state index in [1.807, 2.05) is 27.7 Å². The van der Waals surface area contributed by atoms with E-state index in [0.717, 1.165) is 73.9 Å². The molecule has 1 aromatic carbocycles. The maximum absolute atomic E-state index is 6.01. The molecule has 0 atom stereocenters. The van der Waals surface area contributed by atoms with E-state index in [1.54, 1.807) is 7.11 Å². The highest BCUT2D eigenvalue weighted by Crippen LogP contribution is 2.37. The molecule has 8 nitrogen and oxygen atoms in total. The Bertz CT molecular complexity index is 1240. The molecular formula is C31H49N7OS2. The Morgan fingerprint density at radius 3 is 2.54 bits per heavy atom. The minimum atomic E-state index is 0.296. The number of piperazine rings is 1. The van der Waals surface area contributed by atoms with Crippen molar-refractivity contribution in [2.45, 2.75) is 70.7 Å². The van der Waals surface area contributed by atoms with Crippen LogP contribution in [0.25, 0.3) is 11.0 Å². The van der Waals surface area contributed by atoms with Crippen LogP contribution in [0, 0.1) is 0 Å². The number of anilines is 2. The number of ether oxygens (including phenoxy) is 1. The van der Waals surface area contributed by atoms with Crippen LogP contribution in [0.2, 0.25) is 0 Å². The summed E-state index contributed by atoms with van der Waals surface area (Å²) >= 11 is 0. The van der Waals surface area contributed by atoms with Gasteiger partial charge in [0.2, 0.25) is 5.95 Å². The summed E-state index contributed by atoms with van der Waals surface area (Å²) in [5, 5.41) is 3.49. The van der Waals surface area contributed by atoms with Gasteiger partial charge in [0.1, 0.15) is 11.3 Å². The van der Waals surface area contributed by atoms with Gasteiger partial charge in [-0.15, -0.1) is 0 Å². The van der Waals surface area contributed by atoms with Crippen LogP contribution < -0.4 is 15.8 Å². The van der Waals surface area contributed by atoms with Gasteiger partial charge in [0, 0.05) is 55.8 Å². The average Bonchev–Trinajstić information content (AvgIpc) is 3.35. The quantitative estimate of drug-likeness (QED) is 0.144. The molecule has 0 saturated carbocycles. The Balaban J connectivity index is 1.35. The molecule has 4 rings (SSSR count). The van der Waals surface area contributed by atoms with Gasteiger partial charge < -0.3 is 25.3 Å². The van der Waals surface area contributed by atoms with Gasteiger partial charge in [0.15, 0.2) is 5.82 Å². The number of nitrogen functional groups attached to an aromatic ring is 1. The van der Waals surface area contributed by atoms with Gasteiger partial charge in [-0.2, -0.15) is 4.98 Å². The van der Waals surface area contributed by atoms with Gasteiger partial charge in [0.05, 0.1) is 19.2 Å². The maximum atomic E-state index is 6.01. The third-order valence-corrected chi connectivity index (χ3v) is 10.5. The van der Waals surface area contributed by atoms with Gasteiger partial charge >= 0.3 is 0 Å². The summed E-state index contributed by atoms with van der Waals surface area (Å²) < 4.78 is 8.42. The third-order valence-electron chi connectivity index (χ3n) is 7.83. The number of benzene rings is 1. The van der Waals surface area contributed by atoms with E-state index >= 15 is 0 Å². The number of hydrogen-bond donors (Lipinski definition) is 2. The van der Waals surface area contributed by atoms with Crippen molar-refractivity contribution in [3.63, 3.8) is 0 Å². The molecule has 10 heteroatoms. The molecule has 1 aliphatic heterocycles. The second-order valence-corrected chi connectivity index (χ2v) is 14.7. The maximum Gasteiger partial charge on any atom is 0.222 e. The van der Waals surface area contributed by atoms with Crippen molar-refractivity contribution in [3.05, 3.63) is 41.6 Å². The van der Waals surface area contributed by atoms with E-state index in [2.05, 4.69) is 81.1 Å². The Morgan fingerprint density at radius 1 is 1.02 bits per heavy atom. The Hall–Kier alpha value is -2.14. The third kappa shape index (κ3) is 9.17. The van der Waals surface area contributed by atoms with E-state index in [0.29, 0.717) is 17.2 Å². The monoisotopic (exact) mass is 599 g/mol. The topological polar surface area (TPSA) is 84.5 Å². The number of rotatable bonds is 16. The van der Waals surface area contributed by atoms with Gasteiger partial charge in [-0.3, -0.25) is 4.90 Å². The highest BCUT2D eigenvalue weighted by atomic mass is 33.1. The predicted octanol–water partition coefficient (Wildman–Crippen LogP) is 6.36. The molecule has 3 N–H and O–H groups in total. The summed E-state index contributed by atoms with van der Waals surface area (Å²) in [5.74, 6) is 2.01. The lowest BCUT2D eigenvalue weighted by molar-refractivity contribution is 0.125. The summed E-state index contributed by atoms with van der Waals surface area (Å²) in [5.41, 5.74) is 10.3. The van der Waals surface area contributed by atoms with E-state index in [4.69, 9.17) is 10.5 Å². The average molecular weight is 600 g/mol. The number of unbranched alkanes of at least 4 members (excludes halogenated alkanes) is 2. The van der Waals surface area contributed by atoms with Crippen LogP contribution in [0.3, 0.4) is 0 Å². The van der Waals surface area contributed by atoms with Crippen molar-refractivity contribution in [2.24, 2.45) is 0 Å². The van der Waals surface area contributed by atoms with Crippen molar-refractivity contribution in [2.75, 3.05) is 63.7 Å². The van der Waals surface area contributed by atoms with Crippen molar-refractivity contribution < 1.29 is 4.74 Å². The molecule has 41 heavy (non-hydrogen) atoms. The SMILES string of the molecule is CCCCCNc1nc(N)nc2ccn(Cc3ccc(CN4CCN(CCCC(C)(C)SSC)CC4)cc3OC)c12. The lowest BCUT2D eigenvalue weighted by Gasteiger charge is -2.35. The van der Waals surface area contributed by atoms with Crippen LogP contribution in [-0.2, 0) is 13.1 Å². The summed E-state index contributed by atoms with van der Waals surface area (Å²) in [6.45, 7) is 15.1. The fourth-order valence-electron chi connectivity index (χ4n) is 5.59. The highest BCUT2D eigenvalue weighted by Gasteiger charge is 2.21. The standard InChI is InChI=1S/C31H49N7OS2/c1-6-7-8-14-33-29-28-26(34-30(32)35-29)12-16-38(28)23-25-11-10-24(21-27(25)39-4)22-37-19-17-36(18-20-37)15-9-13-31(2,3)41-40-5/h10-12,16,21H,6-9,13-15,17-20,22-23H2,1-5H3,(H3,32,33,34,35). The molecule has 3 aromatic rings. The van der Waals surface area contributed by atoms with Crippen LogP contribution in [0.5, 0.6) is 5.75 Å². The van der Waals surface area contributed by atoms with E-state index in [-0.39, 0.29) is 0 Å². The van der Waals surface area contributed by atoms with Crippen molar-refractivity contribution in [1.29, 1.82) is 0 Å². The summed E-state index contributed by atoms with van der Waals surface area (Å²) in [6.07, 6.45) is 10.2. The minimum Gasteiger partial charge on any atom is -0.496 e. The predicted molar refractivity (Wildman–Crippen MR) is 178 cm³/mol. The number of hydrogen-bond acceptors (Lipinski definition) is 9. The number of nitrogens with zero attached hydrogens (tertiary/aromatic N) is 5. The molecule has 3 heterocycles. The molecule has 226 valence electrons. The molecule has 0 spiro atoms. The van der Waals surface area contributed by atoms with E-state index < -0.39 is 0 Å². The van der Waals surface area contributed by atoms with Crippen LogP contribution in [0.4, 0.5) is 11.8 Å². The lowest BCUT2D eigenvalue weighted by Crippen LogP contribution is -2.46. The number of nitrogens with two attached hydrogens (primary N) is 1. The Morgan fingerprint density at radius 2 is 1.80 bits per heavy atom. The molecule has 1 fully saturated rings. The zero-order valence-corrected chi connectivity index (χ0v) is 27.3. The van der Waals surface area contributed by atoms with Gasteiger partial charge in [0.25, 0.3) is 0 Å². The molecule has 0 amide bonds. The van der Waals surface area contributed by atoms with Crippen molar-refractivity contribution in [1.82, 2.24) is 24.3 Å². The largest absolute Gasteiger partial charge is 0.496 e. The smallest absolute Gasteiger partial charge is 0.222 e.